The van der Waals surface area contributed by atoms with Crippen molar-refractivity contribution in [1.29, 1.82) is 5.26 Å². The quantitative estimate of drug-likeness (QED) is 0.478. The Labute approximate surface area is 193 Å². The molecular formula is C21H15ClF3N5O4. The monoisotopic (exact) mass is 493 g/mol. The van der Waals surface area contributed by atoms with Gasteiger partial charge in [-0.1, -0.05) is 11.6 Å². The first-order valence-corrected chi connectivity index (χ1v) is 10.3. The van der Waals surface area contributed by atoms with Crippen molar-refractivity contribution < 1.29 is 23.0 Å². The van der Waals surface area contributed by atoms with Gasteiger partial charge in [-0.05, 0) is 43.0 Å². The van der Waals surface area contributed by atoms with E-state index in [0.29, 0.717) is 0 Å². The number of aromatic nitrogens is 4. The second-order valence-electron chi connectivity index (χ2n) is 7.68. The molecule has 1 aliphatic rings. The van der Waals surface area contributed by atoms with E-state index in [9.17, 15) is 27.9 Å². The van der Waals surface area contributed by atoms with Crippen LogP contribution in [0.15, 0.2) is 33.9 Å². The Kier molecular flexibility index (Phi) is 6.16. The minimum atomic E-state index is -5.05. The number of hydrogen-bond donors (Lipinski definition) is 3. The zero-order valence-corrected chi connectivity index (χ0v) is 17.9. The molecule has 34 heavy (non-hydrogen) atoms. The Morgan fingerprint density at radius 2 is 1.97 bits per heavy atom. The predicted octanol–water partition coefficient (Wildman–Crippen LogP) is 3.22. The third-order valence-corrected chi connectivity index (χ3v) is 5.25. The molecule has 9 nitrogen and oxygen atoms in total. The first-order chi connectivity index (χ1) is 16.0. The molecule has 2 aromatic heterocycles. The average Bonchev–Trinajstić information content (AvgIpc) is 3.60. The summed E-state index contributed by atoms with van der Waals surface area (Å²) in [7, 11) is 0. The van der Waals surface area contributed by atoms with Gasteiger partial charge >= 0.3 is 6.18 Å². The molecule has 1 atom stereocenters. The Morgan fingerprint density at radius 3 is 2.62 bits per heavy atom. The number of rotatable bonds is 6. The van der Waals surface area contributed by atoms with Gasteiger partial charge in [-0.25, -0.2) is 10.1 Å². The molecule has 4 rings (SSSR count). The fraction of sp³-hybridized carbons (Fsp3) is 0.286. The normalized spacial score (nSPS) is 14.5. The lowest BCUT2D eigenvalue weighted by Crippen LogP contribution is -2.23. The van der Waals surface area contributed by atoms with Crippen LogP contribution in [0.5, 0.6) is 11.5 Å². The van der Waals surface area contributed by atoms with Gasteiger partial charge in [0.05, 0.1) is 23.4 Å². The van der Waals surface area contributed by atoms with Gasteiger partial charge in [0.25, 0.3) is 11.1 Å². The molecule has 2 heterocycles. The van der Waals surface area contributed by atoms with Crippen molar-refractivity contribution >= 4 is 11.6 Å². The van der Waals surface area contributed by atoms with Gasteiger partial charge < -0.3 is 14.8 Å². The third-order valence-electron chi connectivity index (χ3n) is 5.04. The first-order valence-electron chi connectivity index (χ1n) is 9.90. The maximum absolute atomic E-state index is 13.7. The molecule has 1 unspecified atom stereocenters. The molecule has 3 aromatic rings. The summed E-state index contributed by atoms with van der Waals surface area (Å²) in [4.78, 5) is 30.2. The van der Waals surface area contributed by atoms with E-state index in [0.717, 1.165) is 25.0 Å². The number of halogens is 4. The van der Waals surface area contributed by atoms with Crippen LogP contribution in [0.2, 0.25) is 5.02 Å². The van der Waals surface area contributed by atoms with Crippen LogP contribution in [-0.4, -0.2) is 25.3 Å². The van der Waals surface area contributed by atoms with E-state index >= 15 is 0 Å². The molecule has 0 bridgehead atoms. The standard InChI is InChI=1S/C21H15ClF3N5O4/c22-11-3-9(8-26)4-13(5-11)34-17-18(21(23,24)25)27-15(28-20(17)33)7-12-6-14(19(32)30-29-12)16(31)10-1-2-10/h3-6,10,16,31H,1-2,7H2,(H,30,32)(H,27,28,33). The summed E-state index contributed by atoms with van der Waals surface area (Å²) < 4.78 is 46.3. The number of benzene rings is 1. The van der Waals surface area contributed by atoms with Crippen LogP contribution in [-0.2, 0) is 12.6 Å². The number of H-pyrrole nitrogens is 2. The number of nitriles is 1. The van der Waals surface area contributed by atoms with Gasteiger partial charge in [0.15, 0.2) is 5.69 Å². The lowest BCUT2D eigenvalue weighted by Gasteiger charge is -2.14. The molecule has 0 aliphatic heterocycles. The fourth-order valence-corrected chi connectivity index (χ4v) is 3.52. The molecule has 1 aliphatic carbocycles. The highest BCUT2D eigenvalue weighted by molar-refractivity contribution is 6.30. The number of ether oxygens (including phenoxy) is 1. The minimum Gasteiger partial charge on any atom is -0.449 e. The first kappa shape index (κ1) is 23.5. The number of aliphatic hydroxyl groups excluding tert-OH is 1. The second-order valence-corrected chi connectivity index (χ2v) is 8.12. The second kappa shape index (κ2) is 8.92. The summed E-state index contributed by atoms with van der Waals surface area (Å²) >= 11 is 5.84. The molecular weight excluding hydrogens is 479 g/mol. The number of aliphatic hydroxyl groups is 1. The number of hydrogen-bond acceptors (Lipinski definition) is 7. The topological polar surface area (TPSA) is 145 Å². The Morgan fingerprint density at radius 1 is 1.24 bits per heavy atom. The van der Waals surface area contributed by atoms with Gasteiger partial charge in [0, 0.05) is 17.0 Å². The highest BCUT2D eigenvalue weighted by atomic mass is 35.5. The van der Waals surface area contributed by atoms with Crippen LogP contribution in [0.25, 0.3) is 0 Å². The summed E-state index contributed by atoms with van der Waals surface area (Å²) in [6.07, 6.45) is -4.93. The highest BCUT2D eigenvalue weighted by Gasteiger charge is 2.39. The molecule has 13 heteroatoms. The Bertz CT molecular complexity index is 1410. The maximum Gasteiger partial charge on any atom is 0.437 e. The number of nitrogens with zero attached hydrogens (tertiary/aromatic N) is 3. The van der Waals surface area contributed by atoms with E-state index in [4.69, 9.17) is 21.6 Å². The van der Waals surface area contributed by atoms with Gasteiger partial charge in [-0.3, -0.25) is 9.59 Å². The lowest BCUT2D eigenvalue weighted by molar-refractivity contribution is -0.142. The van der Waals surface area contributed by atoms with Crippen molar-refractivity contribution in [2.24, 2.45) is 5.92 Å². The van der Waals surface area contributed by atoms with Crippen LogP contribution >= 0.6 is 11.6 Å². The van der Waals surface area contributed by atoms with Crippen molar-refractivity contribution in [3.63, 3.8) is 0 Å². The van der Waals surface area contributed by atoms with E-state index in [2.05, 4.69) is 20.2 Å². The summed E-state index contributed by atoms with van der Waals surface area (Å²) in [5.41, 5.74) is -3.27. The smallest absolute Gasteiger partial charge is 0.437 e. The van der Waals surface area contributed by atoms with Gasteiger partial charge in [-0.15, -0.1) is 0 Å². The van der Waals surface area contributed by atoms with Crippen LogP contribution < -0.4 is 15.9 Å². The number of aromatic amines is 2. The van der Waals surface area contributed by atoms with E-state index in [1.807, 2.05) is 0 Å². The number of alkyl halides is 3. The summed E-state index contributed by atoms with van der Waals surface area (Å²) in [6.45, 7) is 0. The largest absolute Gasteiger partial charge is 0.449 e. The molecule has 0 amide bonds. The SMILES string of the molecule is N#Cc1cc(Cl)cc(Oc2c(C(F)(F)F)nc(Cc3cc(C(O)C4CC4)c(=O)[nH]n3)[nH]c2=O)c1. The van der Waals surface area contributed by atoms with E-state index in [1.165, 1.54) is 12.1 Å². The van der Waals surface area contributed by atoms with Crippen LogP contribution in [0, 0.1) is 17.2 Å². The van der Waals surface area contributed by atoms with Crippen molar-refractivity contribution in [3.05, 3.63) is 78.3 Å². The molecule has 0 radical (unpaired) electrons. The van der Waals surface area contributed by atoms with E-state index in [1.54, 1.807) is 6.07 Å². The summed E-state index contributed by atoms with van der Waals surface area (Å²) in [5.74, 6) is -1.83. The molecule has 1 fully saturated rings. The molecule has 3 N–H and O–H groups in total. The predicted molar refractivity (Wildman–Crippen MR) is 111 cm³/mol. The Hall–Kier alpha value is -3.69. The fourth-order valence-electron chi connectivity index (χ4n) is 3.30. The van der Waals surface area contributed by atoms with Gasteiger partial charge in [0.2, 0.25) is 5.75 Å². The van der Waals surface area contributed by atoms with Crippen LogP contribution in [0.1, 0.15) is 47.3 Å². The van der Waals surface area contributed by atoms with Crippen molar-refractivity contribution in [2.75, 3.05) is 0 Å². The van der Waals surface area contributed by atoms with Crippen molar-refractivity contribution in [2.45, 2.75) is 31.5 Å². The average molecular weight is 494 g/mol. The molecule has 1 aromatic carbocycles. The van der Waals surface area contributed by atoms with Gasteiger partial charge in [-0.2, -0.15) is 23.5 Å². The molecule has 176 valence electrons. The van der Waals surface area contributed by atoms with Crippen molar-refractivity contribution in [1.82, 2.24) is 20.2 Å². The van der Waals surface area contributed by atoms with Crippen LogP contribution in [0.4, 0.5) is 13.2 Å². The maximum atomic E-state index is 13.7. The zero-order chi connectivity index (χ0) is 24.6. The number of nitrogens with one attached hydrogen (secondary N) is 2. The van der Waals surface area contributed by atoms with E-state index in [-0.39, 0.29) is 45.8 Å². The Balaban J connectivity index is 1.70. The highest BCUT2D eigenvalue weighted by Crippen LogP contribution is 2.40. The summed E-state index contributed by atoms with van der Waals surface area (Å²) in [6, 6.07) is 6.59. The van der Waals surface area contributed by atoms with Crippen molar-refractivity contribution in [3.8, 4) is 17.6 Å². The summed E-state index contributed by atoms with van der Waals surface area (Å²) in [5, 5.41) is 25.2. The van der Waals surface area contributed by atoms with Gasteiger partial charge in [0.1, 0.15) is 11.6 Å². The third kappa shape index (κ3) is 5.11. The minimum absolute atomic E-state index is 0.0189. The molecule has 0 saturated heterocycles. The zero-order valence-electron chi connectivity index (χ0n) is 17.1. The van der Waals surface area contributed by atoms with E-state index < -0.39 is 34.8 Å². The lowest BCUT2D eigenvalue weighted by atomic mass is 10.1. The molecule has 1 saturated carbocycles. The molecule has 0 spiro atoms. The van der Waals surface area contributed by atoms with Crippen LogP contribution in [0.3, 0.4) is 0 Å².